The number of rotatable bonds is 4. The van der Waals surface area contributed by atoms with E-state index in [2.05, 4.69) is 0 Å². The second-order valence-electron chi connectivity index (χ2n) is 5.17. The molecule has 1 aromatic rings. The maximum absolute atomic E-state index is 12.6. The van der Waals surface area contributed by atoms with Crippen LogP contribution in [0.1, 0.15) is 43.5 Å². The van der Waals surface area contributed by atoms with Crippen LogP contribution in [-0.4, -0.2) is 22.9 Å². The van der Waals surface area contributed by atoms with Gasteiger partial charge in [0.2, 0.25) is 11.8 Å². The summed E-state index contributed by atoms with van der Waals surface area (Å²) in [5.74, 6) is -1.78. The molecule has 0 atom stereocenters. The van der Waals surface area contributed by atoms with E-state index in [1.165, 1.54) is 18.2 Å². The molecule has 0 saturated carbocycles. The lowest BCUT2D eigenvalue weighted by atomic mass is 9.81. The van der Waals surface area contributed by atoms with Crippen molar-refractivity contribution in [2.75, 3.05) is 4.90 Å². The zero-order chi connectivity index (χ0) is 15.8. The smallest absolute Gasteiger partial charge is 0.335 e. The SMILES string of the molecule is CCC1(CC)CC(=O)N(c2cc(C(=O)O)ccc2Cl)C1=O. The Bertz CT molecular complexity index is 622. The maximum atomic E-state index is 12.6. The van der Waals surface area contributed by atoms with Crippen LogP contribution in [0.15, 0.2) is 18.2 Å². The highest BCUT2D eigenvalue weighted by atomic mass is 35.5. The summed E-state index contributed by atoms with van der Waals surface area (Å²) < 4.78 is 0. The normalized spacial score (nSPS) is 17.4. The highest BCUT2D eigenvalue weighted by Gasteiger charge is 2.50. The van der Waals surface area contributed by atoms with Crippen LogP contribution in [-0.2, 0) is 9.59 Å². The quantitative estimate of drug-likeness (QED) is 0.867. The molecular weight excluding hydrogens is 294 g/mol. The number of benzene rings is 1. The molecule has 112 valence electrons. The van der Waals surface area contributed by atoms with Gasteiger partial charge in [0.25, 0.3) is 0 Å². The number of anilines is 1. The van der Waals surface area contributed by atoms with Gasteiger partial charge in [0.1, 0.15) is 0 Å². The highest BCUT2D eigenvalue weighted by Crippen LogP contribution is 2.43. The fraction of sp³-hybridized carbons (Fsp3) is 0.400. The van der Waals surface area contributed by atoms with Gasteiger partial charge in [-0.2, -0.15) is 0 Å². The van der Waals surface area contributed by atoms with Crippen molar-refractivity contribution >= 4 is 35.1 Å². The van der Waals surface area contributed by atoms with Crippen molar-refractivity contribution in [3.8, 4) is 0 Å². The van der Waals surface area contributed by atoms with E-state index in [9.17, 15) is 14.4 Å². The predicted octanol–water partition coefficient (Wildman–Crippen LogP) is 3.11. The number of carbonyl (C=O) groups is 3. The zero-order valence-electron chi connectivity index (χ0n) is 11.9. The first-order valence-corrected chi connectivity index (χ1v) is 7.14. The van der Waals surface area contributed by atoms with E-state index in [0.29, 0.717) is 12.8 Å². The van der Waals surface area contributed by atoms with Crippen molar-refractivity contribution in [3.63, 3.8) is 0 Å². The van der Waals surface area contributed by atoms with Crippen molar-refractivity contribution in [3.05, 3.63) is 28.8 Å². The van der Waals surface area contributed by atoms with Gasteiger partial charge >= 0.3 is 5.97 Å². The number of hydrogen-bond acceptors (Lipinski definition) is 3. The van der Waals surface area contributed by atoms with E-state index in [0.717, 1.165) is 4.90 Å². The van der Waals surface area contributed by atoms with Gasteiger partial charge in [-0.25, -0.2) is 9.69 Å². The maximum Gasteiger partial charge on any atom is 0.335 e. The molecule has 1 heterocycles. The second-order valence-corrected chi connectivity index (χ2v) is 5.58. The van der Waals surface area contributed by atoms with Crippen molar-refractivity contribution in [2.45, 2.75) is 33.1 Å². The molecule has 1 N–H and O–H groups in total. The van der Waals surface area contributed by atoms with Crippen LogP contribution in [0.3, 0.4) is 0 Å². The van der Waals surface area contributed by atoms with Crippen LogP contribution in [0.25, 0.3) is 0 Å². The molecule has 0 aliphatic carbocycles. The van der Waals surface area contributed by atoms with Crippen LogP contribution in [0.4, 0.5) is 5.69 Å². The molecule has 0 aromatic heterocycles. The Morgan fingerprint density at radius 1 is 1.33 bits per heavy atom. The van der Waals surface area contributed by atoms with Gasteiger partial charge in [-0.05, 0) is 31.0 Å². The summed E-state index contributed by atoms with van der Waals surface area (Å²) in [4.78, 5) is 37.0. The summed E-state index contributed by atoms with van der Waals surface area (Å²) in [5, 5.41) is 9.22. The lowest BCUT2D eigenvalue weighted by Crippen LogP contribution is -2.35. The van der Waals surface area contributed by atoms with E-state index in [4.69, 9.17) is 16.7 Å². The van der Waals surface area contributed by atoms with Crippen molar-refractivity contribution in [1.82, 2.24) is 0 Å². The minimum absolute atomic E-state index is 0.0134. The summed E-state index contributed by atoms with van der Waals surface area (Å²) in [6.45, 7) is 3.74. The Morgan fingerprint density at radius 2 is 1.95 bits per heavy atom. The predicted molar refractivity (Wildman–Crippen MR) is 78.5 cm³/mol. The van der Waals surface area contributed by atoms with Crippen LogP contribution < -0.4 is 4.90 Å². The minimum atomic E-state index is -1.13. The molecule has 5 nitrogen and oxygen atoms in total. The Balaban J connectivity index is 2.52. The first-order valence-electron chi connectivity index (χ1n) is 6.76. The summed E-state index contributed by atoms with van der Waals surface area (Å²) in [6, 6.07) is 3.99. The molecule has 1 aliphatic heterocycles. The molecule has 1 saturated heterocycles. The molecule has 1 aliphatic rings. The van der Waals surface area contributed by atoms with Gasteiger partial charge in [-0.15, -0.1) is 0 Å². The van der Waals surface area contributed by atoms with Crippen molar-refractivity contribution < 1.29 is 19.5 Å². The third kappa shape index (κ3) is 2.42. The van der Waals surface area contributed by atoms with Crippen molar-refractivity contribution in [1.29, 1.82) is 0 Å². The molecular formula is C15H16ClNO4. The molecule has 6 heteroatoms. The standard InChI is InChI=1S/C15H16ClNO4/c1-3-15(4-2)8-12(18)17(14(15)21)11-7-9(13(19)20)5-6-10(11)16/h5-7H,3-4,8H2,1-2H3,(H,19,20). The molecule has 2 amide bonds. The topological polar surface area (TPSA) is 74.7 Å². The number of amides is 2. The molecule has 0 bridgehead atoms. The molecule has 1 aromatic carbocycles. The Labute approximate surface area is 127 Å². The van der Waals surface area contributed by atoms with E-state index in [-0.39, 0.29) is 34.5 Å². The zero-order valence-corrected chi connectivity index (χ0v) is 12.6. The fourth-order valence-corrected chi connectivity index (χ4v) is 2.86. The van der Waals surface area contributed by atoms with Crippen LogP contribution in [0.2, 0.25) is 5.02 Å². The number of aromatic carboxylic acids is 1. The van der Waals surface area contributed by atoms with Crippen LogP contribution >= 0.6 is 11.6 Å². The van der Waals surface area contributed by atoms with Crippen molar-refractivity contribution in [2.24, 2.45) is 5.41 Å². The van der Waals surface area contributed by atoms with Gasteiger partial charge in [-0.1, -0.05) is 25.4 Å². The van der Waals surface area contributed by atoms with Gasteiger partial charge < -0.3 is 5.11 Å². The van der Waals surface area contributed by atoms with Gasteiger partial charge in [0.15, 0.2) is 0 Å². The molecule has 1 fully saturated rings. The monoisotopic (exact) mass is 309 g/mol. The molecule has 0 unspecified atom stereocenters. The summed E-state index contributed by atoms with van der Waals surface area (Å²) in [5.41, 5.74) is -0.574. The van der Waals surface area contributed by atoms with E-state index < -0.39 is 11.4 Å². The fourth-order valence-electron chi connectivity index (χ4n) is 2.66. The number of imide groups is 1. The third-order valence-corrected chi connectivity index (χ3v) is 4.50. The summed E-state index contributed by atoms with van der Waals surface area (Å²) in [7, 11) is 0. The van der Waals surface area contributed by atoms with Gasteiger partial charge in [0, 0.05) is 6.42 Å². The molecule has 0 spiro atoms. The first-order chi connectivity index (χ1) is 9.86. The van der Waals surface area contributed by atoms with Crippen LogP contribution in [0.5, 0.6) is 0 Å². The number of nitrogens with zero attached hydrogens (tertiary/aromatic N) is 1. The van der Waals surface area contributed by atoms with Gasteiger partial charge in [0.05, 0.1) is 21.7 Å². The Morgan fingerprint density at radius 3 is 2.43 bits per heavy atom. The third-order valence-electron chi connectivity index (χ3n) is 4.18. The largest absolute Gasteiger partial charge is 0.478 e. The highest BCUT2D eigenvalue weighted by molar-refractivity contribution is 6.36. The van der Waals surface area contributed by atoms with E-state index in [1.54, 1.807) is 0 Å². The van der Waals surface area contributed by atoms with Gasteiger partial charge in [-0.3, -0.25) is 9.59 Å². The minimum Gasteiger partial charge on any atom is -0.478 e. The Hall–Kier alpha value is -1.88. The van der Waals surface area contributed by atoms with Crippen LogP contribution in [0, 0.1) is 5.41 Å². The lowest BCUT2D eigenvalue weighted by Gasteiger charge is -2.24. The van der Waals surface area contributed by atoms with E-state index in [1.807, 2.05) is 13.8 Å². The number of halogens is 1. The molecule has 21 heavy (non-hydrogen) atoms. The Kier molecular flexibility index (Phi) is 4.05. The number of carboxylic acids is 1. The van der Waals surface area contributed by atoms with E-state index >= 15 is 0 Å². The summed E-state index contributed by atoms with van der Waals surface area (Å²) >= 11 is 6.05. The average Bonchev–Trinajstić information content (AvgIpc) is 2.71. The second kappa shape index (κ2) is 5.48. The number of hydrogen-bond donors (Lipinski definition) is 1. The molecule has 2 rings (SSSR count). The first kappa shape index (κ1) is 15.5. The lowest BCUT2D eigenvalue weighted by molar-refractivity contribution is -0.126. The number of carboxylic acid groups (broad SMARTS) is 1. The number of carbonyl (C=O) groups excluding carboxylic acids is 2. The molecule has 0 radical (unpaired) electrons. The summed E-state index contributed by atoms with van der Waals surface area (Å²) in [6.07, 6.45) is 1.24. The average molecular weight is 310 g/mol.